The fraction of sp³-hybridized carbons (Fsp3) is 0.923. The predicted octanol–water partition coefficient (Wildman–Crippen LogP) is 2.92. The summed E-state index contributed by atoms with van der Waals surface area (Å²) in [6.45, 7) is 3.01. The normalized spacial score (nSPS) is 26.8. The Labute approximate surface area is 97.2 Å². The van der Waals surface area contributed by atoms with Gasteiger partial charge in [-0.25, -0.2) is 4.39 Å². The van der Waals surface area contributed by atoms with Crippen LogP contribution >= 0.6 is 0 Å². The third kappa shape index (κ3) is 2.23. The predicted molar refractivity (Wildman–Crippen MR) is 61.9 cm³/mol. The van der Waals surface area contributed by atoms with Crippen LogP contribution in [0.1, 0.15) is 51.9 Å². The Balaban J connectivity index is 2.00. The van der Waals surface area contributed by atoms with Crippen molar-refractivity contribution in [2.45, 2.75) is 57.5 Å². The van der Waals surface area contributed by atoms with Gasteiger partial charge in [-0.1, -0.05) is 12.8 Å². The summed E-state index contributed by atoms with van der Waals surface area (Å²) in [5.41, 5.74) is -1.62. The molecule has 1 amide bonds. The smallest absolute Gasteiger partial charge is 0.260 e. The molecule has 1 heterocycles. The van der Waals surface area contributed by atoms with E-state index in [0.717, 1.165) is 51.6 Å². The molecule has 92 valence electrons. The van der Waals surface area contributed by atoms with Crippen molar-refractivity contribution < 1.29 is 9.18 Å². The van der Waals surface area contributed by atoms with Gasteiger partial charge in [-0.2, -0.15) is 0 Å². The first-order valence-electron chi connectivity index (χ1n) is 6.60. The first-order chi connectivity index (χ1) is 7.62. The third-order valence-electron chi connectivity index (χ3n) is 4.18. The Morgan fingerprint density at radius 2 is 1.69 bits per heavy atom. The quantitative estimate of drug-likeness (QED) is 0.710. The van der Waals surface area contributed by atoms with Crippen molar-refractivity contribution in [3.05, 3.63) is 0 Å². The first kappa shape index (κ1) is 11.9. The minimum absolute atomic E-state index is 0.0399. The van der Waals surface area contributed by atoms with Crippen LogP contribution in [0.4, 0.5) is 4.39 Å². The zero-order chi connectivity index (χ0) is 11.6. The number of piperidine rings is 1. The average Bonchev–Trinajstić information content (AvgIpc) is 2.83. The molecule has 1 saturated carbocycles. The minimum atomic E-state index is -1.62. The molecule has 1 aliphatic carbocycles. The molecular formula is C13H22FNO. The lowest BCUT2D eigenvalue weighted by atomic mass is 9.87. The van der Waals surface area contributed by atoms with E-state index >= 15 is 0 Å². The molecule has 0 N–H and O–H groups in total. The van der Waals surface area contributed by atoms with Gasteiger partial charge in [0, 0.05) is 19.0 Å². The van der Waals surface area contributed by atoms with E-state index in [1.54, 1.807) is 4.90 Å². The minimum Gasteiger partial charge on any atom is -0.340 e. The van der Waals surface area contributed by atoms with E-state index in [9.17, 15) is 9.18 Å². The van der Waals surface area contributed by atoms with Crippen LogP contribution < -0.4 is 0 Å². The molecule has 0 radical (unpaired) electrons. The van der Waals surface area contributed by atoms with Crippen LogP contribution in [0.15, 0.2) is 0 Å². The summed E-state index contributed by atoms with van der Waals surface area (Å²) in [4.78, 5) is 13.9. The highest BCUT2D eigenvalue weighted by molar-refractivity contribution is 5.85. The van der Waals surface area contributed by atoms with Crippen LogP contribution in [0, 0.1) is 5.92 Å². The summed E-state index contributed by atoms with van der Waals surface area (Å²) in [5.74, 6) is -0.291. The van der Waals surface area contributed by atoms with E-state index in [2.05, 4.69) is 0 Å². The molecule has 1 atom stereocenters. The van der Waals surface area contributed by atoms with Crippen molar-refractivity contribution in [1.29, 1.82) is 0 Å². The van der Waals surface area contributed by atoms with Crippen LogP contribution in [-0.4, -0.2) is 29.6 Å². The fourth-order valence-corrected chi connectivity index (χ4v) is 3.05. The number of carbonyl (C=O) groups is 1. The highest BCUT2D eigenvalue weighted by Gasteiger charge is 2.45. The molecule has 2 fully saturated rings. The summed E-state index contributed by atoms with van der Waals surface area (Å²) in [5, 5.41) is 0. The number of likely N-dealkylation sites (tertiary alicyclic amines) is 1. The summed E-state index contributed by atoms with van der Waals surface area (Å²) in [6.07, 6.45) is 7.17. The van der Waals surface area contributed by atoms with Crippen LogP contribution in [0.2, 0.25) is 0 Å². The number of halogens is 1. The summed E-state index contributed by atoms with van der Waals surface area (Å²) < 4.78 is 14.6. The second-order valence-corrected chi connectivity index (χ2v) is 5.41. The van der Waals surface area contributed by atoms with E-state index in [0.29, 0.717) is 0 Å². The second kappa shape index (κ2) is 4.72. The van der Waals surface area contributed by atoms with Gasteiger partial charge in [0.1, 0.15) is 0 Å². The van der Waals surface area contributed by atoms with E-state index in [-0.39, 0.29) is 11.8 Å². The van der Waals surface area contributed by atoms with E-state index in [4.69, 9.17) is 0 Å². The summed E-state index contributed by atoms with van der Waals surface area (Å²) in [7, 11) is 0. The molecule has 1 unspecified atom stereocenters. The molecule has 1 aliphatic heterocycles. The van der Waals surface area contributed by atoms with Gasteiger partial charge in [-0.3, -0.25) is 4.79 Å². The van der Waals surface area contributed by atoms with Gasteiger partial charge >= 0.3 is 0 Å². The van der Waals surface area contributed by atoms with Gasteiger partial charge in [0.15, 0.2) is 5.67 Å². The number of rotatable bonds is 2. The Morgan fingerprint density at radius 3 is 2.25 bits per heavy atom. The highest BCUT2D eigenvalue weighted by Crippen LogP contribution is 2.38. The number of hydrogen-bond acceptors (Lipinski definition) is 1. The lowest BCUT2D eigenvalue weighted by Crippen LogP contribution is -2.49. The number of alkyl halides is 1. The lowest BCUT2D eigenvalue weighted by molar-refractivity contribution is -0.147. The second-order valence-electron chi connectivity index (χ2n) is 5.41. The summed E-state index contributed by atoms with van der Waals surface area (Å²) in [6, 6.07) is 0. The molecule has 0 aromatic rings. The number of amides is 1. The molecule has 2 rings (SSSR count). The zero-order valence-corrected chi connectivity index (χ0v) is 10.2. The first-order valence-corrected chi connectivity index (χ1v) is 6.60. The van der Waals surface area contributed by atoms with Crippen molar-refractivity contribution in [3.63, 3.8) is 0 Å². The Kier molecular flexibility index (Phi) is 3.50. The Bertz CT molecular complexity index is 253. The third-order valence-corrected chi connectivity index (χ3v) is 4.18. The van der Waals surface area contributed by atoms with Crippen molar-refractivity contribution in [3.8, 4) is 0 Å². The maximum absolute atomic E-state index is 14.6. The number of carbonyl (C=O) groups excluding carboxylic acids is 1. The zero-order valence-electron chi connectivity index (χ0n) is 10.2. The van der Waals surface area contributed by atoms with Crippen LogP contribution in [0.5, 0.6) is 0 Å². The van der Waals surface area contributed by atoms with Gasteiger partial charge in [-0.15, -0.1) is 0 Å². The van der Waals surface area contributed by atoms with Gasteiger partial charge in [0.05, 0.1) is 0 Å². The molecule has 1 saturated heterocycles. The Hall–Kier alpha value is -0.600. The van der Waals surface area contributed by atoms with E-state index in [1.165, 1.54) is 13.3 Å². The molecule has 0 aromatic heterocycles. The SMILES string of the molecule is CC(F)(C(=O)N1CCCCC1)C1CCCC1. The van der Waals surface area contributed by atoms with Crippen molar-refractivity contribution in [2.24, 2.45) is 5.92 Å². The molecular weight excluding hydrogens is 205 g/mol. The molecule has 16 heavy (non-hydrogen) atoms. The van der Waals surface area contributed by atoms with Crippen LogP contribution in [-0.2, 0) is 4.79 Å². The van der Waals surface area contributed by atoms with Gasteiger partial charge in [-0.05, 0) is 39.0 Å². The molecule has 0 aromatic carbocycles. The van der Waals surface area contributed by atoms with Gasteiger partial charge < -0.3 is 4.90 Å². The molecule has 2 aliphatic rings. The maximum atomic E-state index is 14.6. The fourth-order valence-electron chi connectivity index (χ4n) is 3.05. The molecule has 2 nitrogen and oxygen atoms in total. The standard InChI is InChI=1S/C13H22FNO/c1-13(14,11-7-3-4-8-11)12(16)15-9-5-2-6-10-15/h11H,2-10H2,1H3. The van der Waals surface area contributed by atoms with Crippen LogP contribution in [0.3, 0.4) is 0 Å². The average molecular weight is 227 g/mol. The molecule has 0 bridgehead atoms. The van der Waals surface area contributed by atoms with Crippen molar-refractivity contribution >= 4 is 5.91 Å². The lowest BCUT2D eigenvalue weighted by Gasteiger charge is -2.34. The van der Waals surface area contributed by atoms with E-state index in [1.807, 2.05) is 0 Å². The van der Waals surface area contributed by atoms with Gasteiger partial charge in [0.25, 0.3) is 5.91 Å². The molecule has 3 heteroatoms. The highest BCUT2D eigenvalue weighted by atomic mass is 19.1. The largest absolute Gasteiger partial charge is 0.340 e. The number of nitrogens with zero attached hydrogens (tertiary/aromatic N) is 1. The summed E-state index contributed by atoms with van der Waals surface area (Å²) >= 11 is 0. The monoisotopic (exact) mass is 227 g/mol. The topological polar surface area (TPSA) is 20.3 Å². The van der Waals surface area contributed by atoms with Crippen molar-refractivity contribution in [1.82, 2.24) is 4.90 Å². The number of hydrogen-bond donors (Lipinski definition) is 0. The van der Waals surface area contributed by atoms with Crippen molar-refractivity contribution in [2.75, 3.05) is 13.1 Å². The van der Waals surface area contributed by atoms with Crippen LogP contribution in [0.25, 0.3) is 0 Å². The van der Waals surface area contributed by atoms with Gasteiger partial charge in [0.2, 0.25) is 0 Å². The maximum Gasteiger partial charge on any atom is 0.260 e. The Morgan fingerprint density at radius 1 is 1.12 bits per heavy atom. The van der Waals surface area contributed by atoms with E-state index < -0.39 is 5.67 Å². The molecule has 0 spiro atoms.